The Bertz CT molecular complexity index is 9090. The van der Waals surface area contributed by atoms with Gasteiger partial charge in [-0.15, -0.1) is 0 Å². The molecule has 29 aromatic rings. The first-order valence-corrected chi connectivity index (χ1v) is 45.0. The molecule has 8 aromatic heterocycles. The van der Waals surface area contributed by atoms with Gasteiger partial charge in [-0.3, -0.25) is 9.13 Å². The van der Waals surface area contributed by atoms with Crippen LogP contribution in [0.25, 0.3) is 270 Å². The Kier molecular flexibility index (Phi) is 16.9. The summed E-state index contributed by atoms with van der Waals surface area (Å²) in [5.74, 6) is 1.83. The predicted molar refractivity (Wildman–Crippen MR) is 549 cm³/mol. The SMILES string of the molecule is c1ccc(-c2cc(-c3ccccc3)cc(-n3c4cccc5ccc6c(-c7ccc8oc9ccccc9c8c7)ccc3c6c54)c2)cc1.c1ccc(-c2cc(-c3ccccc3)nc(-n3c4cccc5ccc6c(-c7ccc8oc9ccccc9c8c7)ccc3c6c54)c2)cc1.c1ccc(-c2cccc(-n3c4cccc5ccc6c(-c7ccc8oc9ccccc9c8c7)ccc3c6c54)n2)cc1. The smallest absolute Gasteiger partial charge is 0.138 e. The second kappa shape index (κ2) is 30.0. The first kappa shape index (κ1) is 74.5. The van der Waals surface area contributed by atoms with E-state index >= 15 is 0 Å². The molecule has 0 saturated heterocycles. The summed E-state index contributed by atoms with van der Waals surface area (Å²) in [5.41, 5.74) is 32.2. The molecule has 0 N–H and O–H groups in total. The summed E-state index contributed by atoms with van der Waals surface area (Å²) in [5, 5.41) is 22.0. The van der Waals surface area contributed by atoms with Crippen LogP contribution in [0.3, 0.4) is 0 Å². The zero-order chi connectivity index (χ0) is 86.6. The number of benzene rings is 21. The van der Waals surface area contributed by atoms with Crippen molar-refractivity contribution in [2.24, 2.45) is 0 Å². The van der Waals surface area contributed by atoms with Gasteiger partial charge in [-0.1, -0.05) is 322 Å². The molecule has 0 unspecified atom stereocenters. The quantitative estimate of drug-likeness (QED) is 0.121. The molecule has 0 bridgehead atoms. The van der Waals surface area contributed by atoms with Gasteiger partial charge in [0.25, 0.3) is 0 Å². The molecule has 8 heterocycles. The molecule has 0 amide bonds. The Morgan fingerprint density at radius 3 is 0.902 bits per heavy atom. The fourth-order valence-electron chi connectivity index (χ4n) is 21.1. The number of para-hydroxylation sites is 3. The molecule has 0 saturated carbocycles. The van der Waals surface area contributed by atoms with Crippen LogP contribution in [0.5, 0.6) is 0 Å². The van der Waals surface area contributed by atoms with E-state index in [0.717, 1.165) is 128 Å². The van der Waals surface area contributed by atoms with Crippen molar-refractivity contribution in [3.8, 4) is 107 Å². The van der Waals surface area contributed by atoms with Crippen LogP contribution >= 0.6 is 0 Å². The van der Waals surface area contributed by atoms with Gasteiger partial charge in [-0.2, -0.15) is 0 Å². The Morgan fingerprint density at radius 1 is 0.159 bits per heavy atom. The molecule has 614 valence electrons. The topological polar surface area (TPSA) is 80.0 Å². The van der Waals surface area contributed by atoms with Crippen LogP contribution < -0.4 is 0 Å². The van der Waals surface area contributed by atoms with Crippen molar-refractivity contribution >= 4 is 164 Å². The van der Waals surface area contributed by atoms with Crippen molar-refractivity contribution in [2.75, 3.05) is 0 Å². The summed E-state index contributed by atoms with van der Waals surface area (Å²) in [6, 6.07) is 162. The standard InChI is InChI=1S/C44H27NO.C43H26N2O.C37H22N2O/c1-3-10-28(11-4-1)32-24-33(29-12-5-2-6-13-29)26-34(25-32)45-39-16-9-14-30-18-20-37-35(21-22-40(45)44(37)43(30)39)31-19-23-42-38(27-31)36-15-7-8-17-41(36)46-42;1-3-10-27(11-4-1)31-25-36(28-12-5-2-6-13-28)44-41(26-31)45-37-16-9-14-29-18-20-34-32(21-22-38(45)43(34)42(29)37)30-19-23-40-35(24-30)33-15-7-8-17-39(33)46-40;1-2-8-23(9-3-1)30-12-7-15-35(38-30)39-31-13-6-10-24-16-18-28-26(19-20-32(39)37(28)36(24)31)25-17-21-34-29(22-25)27-11-4-5-14-33(27)40-34/h1-27H;1-26H;1-22H. The van der Waals surface area contributed by atoms with Crippen molar-refractivity contribution in [1.29, 1.82) is 0 Å². The largest absolute Gasteiger partial charge is 0.456 e. The summed E-state index contributed by atoms with van der Waals surface area (Å²) in [7, 11) is 0. The van der Waals surface area contributed by atoms with Gasteiger partial charge in [0.15, 0.2) is 0 Å². The van der Waals surface area contributed by atoms with E-state index in [1.807, 2.05) is 48.5 Å². The molecule has 0 atom stereocenters. The average molecular weight is 1680 g/mol. The van der Waals surface area contributed by atoms with E-state index in [0.29, 0.717) is 0 Å². The van der Waals surface area contributed by atoms with Crippen molar-refractivity contribution in [1.82, 2.24) is 23.7 Å². The Hall–Kier alpha value is -17.7. The van der Waals surface area contributed by atoms with Crippen molar-refractivity contribution < 1.29 is 13.3 Å². The van der Waals surface area contributed by atoms with Crippen molar-refractivity contribution in [3.05, 3.63) is 455 Å². The minimum absolute atomic E-state index is 0.907. The van der Waals surface area contributed by atoms with Crippen molar-refractivity contribution in [2.45, 2.75) is 0 Å². The fourth-order valence-corrected chi connectivity index (χ4v) is 21.1. The zero-order valence-corrected chi connectivity index (χ0v) is 71.3. The summed E-state index contributed by atoms with van der Waals surface area (Å²) in [4.78, 5) is 10.5. The number of aromatic nitrogens is 5. The van der Waals surface area contributed by atoms with E-state index in [4.69, 9.17) is 23.2 Å². The molecular formula is C124H75N5O3. The third kappa shape index (κ3) is 12.0. The van der Waals surface area contributed by atoms with Crippen LogP contribution in [0.15, 0.2) is 468 Å². The second-order valence-electron chi connectivity index (χ2n) is 34.5. The molecule has 8 nitrogen and oxygen atoms in total. The maximum absolute atomic E-state index is 6.16. The number of nitrogens with zero attached hydrogens (tertiary/aromatic N) is 5. The van der Waals surface area contributed by atoms with Gasteiger partial charge in [0.2, 0.25) is 0 Å². The highest BCUT2D eigenvalue weighted by molar-refractivity contribution is 6.30. The minimum Gasteiger partial charge on any atom is -0.456 e. The molecule has 21 aromatic carbocycles. The Morgan fingerprint density at radius 2 is 0.485 bits per heavy atom. The molecule has 0 fully saturated rings. The summed E-state index contributed by atoms with van der Waals surface area (Å²) < 4.78 is 25.5. The molecule has 0 spiro atoms. The number of hydrogen-bond acceptors (Lipinski definition) is 5. The highest BCUT2D eigenvalue weighted by Crippen LogP contribution is 2.50. The third-order valence-corrected chi connectivity index (χ3v) is 27.1. The zero-order valence-electron chi connectivity index (χ0n) is 71.3. The first-order chi connectivity index (χ1) is 65.4. The Balaban J connectivity index is 0.000000102. The lowest BCUT2D eigenvalue weighted by Crippen LogP contribution is -2.00. The van der Waals surface area contributed by atoms with E-state index in [1.54, 1.807) is 0 Å². The normalized spacial score (nSPS) is 11.9. The van der Waals surface area contributed by atoms with E-state index in [2.05, 4.69) is 420 Å². The van der Waals surface area contributed by atoms with Gasteiger partial charge in [-0.05, 0) is 233 Å². The number of rotatable bonds is 11. The molecule has 132 heavy (non-hydrogen) atoms. The fraction of sp³-hybridized carbons (Fsp3) is 0. The lowest BCUT2D eigenvalue weighted by molar-refractivity contribution is 0.668. The molecule has 29 rings (SSSR count). The van der Waals surface area contributed by atoms with Gasteiger partial charge < -0.3 is 17.8 Å². The van der Waals surface area contributed by atoms with Gasteiger partial charge in [0.1, 0.15) is 45.1 Å². The van der Waals surface area contributed by atoms with E-state index in [9.17, 15) is 0 Å². The Labute approximate surface area is 756 Å². The minimum atomic E-state index is 0.907. The highest BCUT2D eigenvalue weighted by atomic mass is 16.3. The van der Waals surface area contributed by atoms with Crippen LogP contribution in [0.2, 0.25) is 0 Å². The van der Waals surface area contributed by atoms with Crippen LogP contribution in [0.1, 0.15) is 0 Å². The molecule has 8 heteroatoms. The monoisotopic (exact) mass is 1680 g/mol. The van der Waals surface area contributed by atoms with Gasteiger partial charge in [0, 0.05) is 81.4 Å². The lowest BCUT2D eigenvalue weighted by atomic mass is 9.94. The number of hydrogen-bond donors (Lipinski definition) is 0. The number of pyridine rings is 2. The van der Waals surface area contributed by atoms with Crippen molar-refractivity contribution in [3.63, 3.8) is 0 Å². The van der Waals surface area contributed by atoms with E-state index < -0.39 is 0 Å². The third-order valence-electron chi connectivity index (χ3n) is 27.1. The number of fused-ring (bicyclic) bond motifs is 9. The summed E-state index contributed by atoms with van der Waals surface area (Å²) in [6.45, 7) is 0. The van der Waals surface area contributed by atoms with Crippen LogP contribution in [-0.4, -0.2) is 23.7 Å². The summed E-state index contributed by atoms with van der Waals surface area (Å²) >= 11 is 0. The van der Waals surface area contributed by atoms with Crippen LogP contribution in [0, 0.1) is 0 Å². The number of furan rings is 3. The molecule has 0 aliphatic heterocycles. The van der Waals surface area contributed by atoms with E-state index in [1.165, 1.54) is 142 Å². The second-order valence-corrected chi connectivity index (χ2v) is 34.5. The van der Waals surface area contributed by atoms with Gasteiger partial charge >= 0.3 is 0 Å². The van der Waals surface area contributed by atoms with Gasteiger partial charge in [0.05, 0.1) is 44.5 Å². The average Bonchev–Trinajstić information content (AvgIpc) is 1.56. The molecule has 0 aliphatic carbocycles. The maximum Gasteiger partial charge on any atom is 0.138 e. The molecule has 0 radical (unpaired) electrons. The van der Waals surface area contributed by atoms with Crippen LogP contribution in [0.4, 0.5) is 0 Å². The first-order valence-electron chi connectivity index (χ1n) is 45.0. The molecular weight excluding hydrogens is 1610 g/mol. The van der Waals surface area contributed by atoms with E-state index in [-0.39, 0.29) is 0 Å². The molecule has 0 aliphatic rings. The predicted octanol–water partition coefficient (Wildman–Crippen LogP) is 33.9. The van der Waals surface area contributed by atoms with Gasteiger partial charge in [-0.25, -0.2) is 9.97 Å². The van der Waals surface area contributed by atoms with Crippen LogP contribution in [-0.2, 0) is 0 Å². The summed E-state index contributed by atoms with van der Waals surface area (Å²) in [6.07, 6.45) is 0. The lowest BCUT2D eigenvalue weighted by Gasteiger charge is -2.14. The maximum atomic E-state index is 6.16. The highest BCUT2D eigenvalue weighted by Gasteiger charge is 2.27.